The number of benzene rings is 2. The molecule has 1 amide bonds. The van der Waals surface area contributed by atoms with Gasteiger partial charge in [-0.2, -0.15) is 0 Å². The van der Waals surface area contributed by atoms with Gasteiger partial charge in [0.05, 0.1) is 16.6 Å². The van der Waals surface area contributed by atoms with Gasteiger partial charge in [-0.05, 0) is 54.8 Å². The quantitative estimate of drug-likeness (QED) is 0.775. The molecule has 2 heterocycles. The lowest BCUT2D eigenvalue weighted by Gasteiger charge is -2.36. The predicted molar refractivity (Wildman–Crippen MR) is 98.5 cm³/mol. The molecule has 0 radical (unpaired) electrons. The summed E-state index contributed by atoms with van der Waals surface area (Å²) in [6.45, 7) is 1.00. The van der Waals surface area contributed by atoms with Gasteiger partial charge in [0.25, 0.3) is 0 Å². The van der Waals surface area contributed by atoms with Gasteiger partial charge in [-0.1, -0.05) is 18.2 Å². The van der Waals surface area contributed by atoms with Crippen molar-refractivity contribution >= 4 is 22.5 Å². The third-order valence-corrected chi connectivity index (χ3v) is 5.07. The number of carbonyl (C=O) groups excluding carboxylic acids is 1. The number of amides is 1. The Labute approximate surface area is 151 Å². The van der Waals surface area contributed by atoms with E-state index in [-0.39, 0.29) is 11.7 Å². The lowest BCUT2D eigenvalue weighted by Crippen LogP contribution is -2.44. The molecule has 0 bridgehead atoms. The van der Waals surface area contributed by atoms with Gasteiger partial charge in [0, 0.05) is 24.8 Å². The predicted octanol–water partition coefficient (Wildman–Crippen LogP) is 4.06. The van der Waals surface area contributed by atoms with Crippen LogP contribution in [-0.2, 0) is 14.9 Å². The van der Waals surface area contributed by atoms with Crippen molar-refractivity contribution in [2.75, 3.05) is 18.5 Å². The Morgan fingerprint density at radius 2 is 1.81 bits per heavy atom. The highest BCUT2D eigenvalue weighted by Gasteiger charge is 2.41. The van der Waals surface area contributed by atoms with E-state index >= 15 is 0 Å². The van der Waals surface area contributed by atoms with E-state index in [1.807, 2.05) is 30.3 Å². The molecule has 0 atom stereocenters. The smallest absolute Gasteiger partial charge is 0.235 e. The molecular weight excluding hydrogens is 331 g/mol. The van der Waals surface area contributed by atoms with Crippen LogP contribution in [0.15, 0.2) is 60.8 Å². The second-order valence-corrected chi connectivity index (χ2v) is 6.53. The van der Waals surface area contributed by atoms with Crippen LogP contribution in [0.1, 0.15) is 18.4 Å². The van der Waals surface area contributed by atoms with Gasteiger partial charge < -0.3 is 10.1 Å². The summed E-state index contributed by atoms with van der Waals surface area (Å²) in [5, 5.41) is 3.97. The van der Waals surface area contributed by atoms with Crippen LogP contribution >= 0.6 is 0 Å². The van der Waals surface area contributed by atoms with Gasteiger partial charge in [-0.25, -0.2) is 4.39 Å². The largest absolute Gasteiger partial charge is 0.381 e. The van der Waals surface area contributed by atoms with Crippen LogP contribution in [0.4, 0.5) is 10.1 Å². The molecule has 1 aliphatic rings. The van der Waals surface area contributed by atoms with E-state index in [1.165, 1.54) is 12.1 Å². The van der Waals surface area contributed by atoms with Crippen LogP contribution in [0, 0.1) is 5.82 Å². The van der Waals surface area contributed by atoms with Crippen LogP contribution in [0.2, 0.25) is 0 Å². The molecule has 4 rings (SSSR count). The first-order valence-electron chi connectivity index (χ1n) is 8.68. The Balaban J connectivity index is 1.72. The molecule has 3 aromatic rings. The third kappa shape index (κ3) is 2.95. The molecule has 1 saturated heterocycles. The average Bonchev–Trinajstić information content (AvgIpc) is 2.69. The summed E-state index contributed by atoms with van der Waals surface area (Å²) in [7, 11) is 0. The summed E-state index contributed by atoms with van der Waals surface area (Å²) >= 11 is 0. The van der Waals surface area contributed by atoms with Crippen molar-refractivity contribution in [3.8, 4) is 0 Å². The summed E-state index contributed by atoms with van der Waals surface area (Å²) in [5.41, 5.74) is 1.65. The number of ether oxygens (including phenoxy) is 1. The zero-order valence-corrected chi connectivity index (χ0v) is 14.2. The number of rotatable bonds is 3. The monoisotopic (exact) mass is 350 g/mol. The summed E-state index contributed by atoms with van der Waals surface area (Å²) in [6, 6.07) is 15.7. The van der Waals surface area contributed by atoms with E-state index in [9.17, 15) is 9.18 Å². The van der Waals surface area contributed by atoms with Gasteiger partial charge in [-0.15, -0.1) is 0 Å². The molecule has 1 aromatic heterocycles. The van der Waals surface area contributed by atoms with Gasteiger partial charge in [0.15, 0.2) is 0 Å². The minimum absolute atomic E-state index is 0.0937. The average molecular weight is 350 g/mol. The second-order valence-electron chi connectivity index (χ2n) is 6.53. The van der Waals surface area contributed by atoms with Crippen molar-refractivity contribution in [1.82, 2.24) is 4.98 Å². The minimum atomic E-state index is -0.726. The molecule has 0 spiro atoms. The molecule has 0 unspecified atom stereocenters. The standard InChI is InChI=1S/C21H19FN2O2/c22-16-8-6-15(7-9-16)21(10-13-26-14-11-21)20(25)24-19-5-1-4-18-17(19)3-2-12-23-18/h1-9,12H,10-11,13-14H2,(H,24,25). The number of pyridine rings is 1. The van der Waals surface area contributed by atoms with E-state index in [0.29, 0.717) is 26.1 Å². The topological polar surface area (TPSA) is 51.2 Å². The fourth-order valence-electron chi connectivity index (χ4n) is 3.59. The Kier molecular flexibility index (Phi) is 4.39. The number of halogens is 1. The fourth-order valence-corrected chi connectivity index (χ4v) is 3.59. The van der Waals surface area contributed by atoms with Crippen LogP contribution in [0.3, 0.4) is 0 Å². The molecule has 1 fully saturated rings. The van der Waals surface area contributed by atoms with Gasteiger partial charge in [0.2, 0.25) is 5.91 Å². The van der Waals surface area contributed by atoms with E-state index in [1.54, 1.807) is 18.3 Å². The Morgan fingerprint density at radius 1 is 1.04 bits per heavy atom. The molecule has 0 saturated carbocycles. The van der Waals surface area contributed by atoms with Gasteiger partial charge in [-0.3, -0.25) is 9.78 Å². The fraction of sp³-hybridized carbons (Fsp3) is 0.238. The summed E-state index contributed by atoms with van der Waals surface area (Å²) in [6.07, 6.45) is 2.85. The first kappa shape index (κ1) is 16.7. The van der Waals surface area contributed by atoms with E-state index in [0.717, 1.165) is 22.2 Å². The number of hydrogen-bond donors (Lipinski definition) is 1. The maximum absolute atomic E-state index is 13.4. The number of carbonyl (C=O) groups is 1. The lowest BCUT2D eigenvalue weighted by atomic mass is 9.73. The molecule has 1 aliphatic heterocycles. The molecule has 2 aromatic carbocycles. The van der Waals surface area contributed by atoms with Crippen LogP contribution < -0.4 is 5.32 Å². The molecule has 0 aliphatic carbocycles. The van der Waals surface area contributed by atoms with Crippen molar-refractivity contribution in [2.24, 2.45) is 0 Å². The highest BCUT2D eigenvalue weighted by Crippen LogP contribution is 2.37. The van der Waals surface area contributed by atoms with Crippen molar-refractivity contribution in [1.29, 1.82) is 0 Å². The molecule has 26 heavy (non-hydrogen) atoms. The summed E-state index contributed by atoms with van der Waals surface area (Å²) in [4.78, 5) is 17.7. The number of fused-ring (bicyclic) bond motifs is 1. The van der Waals surface area contributed by atoms with Crippen molar-refractivity contribution in [3.63, 3.8) is 0 Å². The van der Waals surface area contributed by atoms with E-state index < -0.39 is 5.41 Å². The van der Waals surface area contributed by atoms with E-state index in [2.05, 4.69) is 10.3 Å². The second kappa shape index (κ2) is 6.84. The van der Waals surface area contributed by atoms with Crippen LogP contribution in [0.5, 0.6) is 0 Å². The highest BCUT2D eigenvalue weighted by molar-refractivity contribution is 6.05. The molecule has 132 valence electrons. The first-order valence-corrected chi connectivity index (χ1v) is 8.68. The molecule has 1 N–H and O–H groups in total. The summed E-state index contributed by atoms with van der Waals surface area (Å²) < 4.78 is 18.8. The molecule has 5 heteroatoms. The van der Waals surface area contributed by atoms with Crippen molar-refractivity contribution in [3.05, 3.63) is 72.2 Å². The minimum Gasteiger partial charge on any atom is -0.381 e. The van der Waals surface area contributed by atoms with Gasteiger partial charge >= 0.3 is 0 Å². The normalized spacial score (nSPS) is 16.3. The Bertz CT molecular complexity index is 929. The summed E-state index contributed by atoms with van der Waals surface area (Å²) in [5.74, 6) is -0.403. The number of anilines is 1. The Hall–Kier alpha value is -2.79. The third-order valence-electron chi connectivity index (χ3n) is 5.07. The number of nitrogens with zero attached hydrogens (tertiary/aromatic N) is 1. The number of aromatic nitrogens is 1. The van der Waals surface area contributed by atoms with Crippen molar-refractivity contribution < 1.29 is 13.9 Å². The first-order chi connectivity index (χ1) is 12.7. The lowest BCUT2D eigenvalue weighted by molar-refractivity contribution is -0.125. The number of nitrogens with one attached hydrogen (secondary N) is 1. The van der Waals surface area contributed by atoms with Crippen LogP contribution in [-0.4, -0.2) is 24.1 Å². The zero-order chi connectivity index (χ0) is 18.0. The zero-order valence-electron chi connectivity index (χ0n) is 14.2. The maximum Gasteiger partial charge on any atom is 0.235 e. The highest BCUT2D eigenvalue weighted by atomic mass is 19.1. The SMILES string of the molecule is O=C(Nc1cccc2ncccc12)C1(c2ccc(F)cc2)CCOCC1. The maximum atomic E-state index is 13.4. The number of hydrogen-bond acceptors (Lipinski definition) is 3. The van der Waals surface area contributed by atoms with E-state index in [4.69, 9.17) is 4.74 Å². The van der Waals surface area contributed by atoms with Crippen LogP contribution in [0.25, 0.3) is 10.9 Å². The van der Waals surface area contributed by atoms with Crippen molar-refractivity contribution in [2.45, 2.75) is 18.3 Å². The molecule has 4 nitrogen and oxygen atoms in total. The molecular formula is C21H19FN2O2. The van der Waals surface area contributed by atoms with Gasteiger partial charge in [0.1, 0.15) is 5.82 Å². The Morgan fingerprint density at radius 3 is 2.58 bits per heavy atom.